The van der Waals surface area contributed by atoms with E-state index in [0.717, 1.165) is 25.2 Å². The van der Waals surface area contributed by atoms with Crippen LogP contribution in [0.5, 0.6) is 0 Å². The lowest BCUT2D eigenvalue weighted by atomic mass is 9.84. The van der Waals surface area contributed by atoms with Gasteiger partial charge in [-0.3, -0.25) is 4.79 Å². The van der Waals surface area contributed by atoms with Crippen molar-refractivity contribution in [2.45, 2.75) is 39.0 Å². The summed E-state index contributed by atoms with van der Waals surface area (Å²) < 4.78 is 10.4. The molecule has 2 bridgehead atoms. The number of esters is 1. The van der Waals surface area contributed by atoms with Gasteiger partial charge in [0, 0.05) is 6.61 Å². The highest BCUT2D eigenvalue weighted by atomic mass is 16.6. The minimum atomic E-state index is -0.100. The van der Waals surface area contributed by atoms with Crippen molar-refractivity contribution in [3.63, 3.8) is 0 Å². The van der Waals surface area contributed by atoms with Crippen LogP contribution in [0.25, 0.3) is 0 Å². The predicted molar refractivity (Wildman–Crippen MR) is 56.5 cm³/mol. The lowest BCUT2D eigenvalue weighted by Crippen LogP contribution is -2.29. The van der Waals surface area contributed by atoms with E-state index in [1.165, 1.54) is 12.8 Å². The molecule has 2 saturated carbocycles. The Labute approximate surface area is 91.1 Å². The van der Waals surface area contributed by atoms with Gasteiger partial charge in [-0.05, 0) is 44.9 Å². The third-order valence-electron chi connectivity index (χ3n) is 3.84. The average Bonchev–Trinajstić information content (AvgIpc) is 2.85. The van der Waals surface area contributed by atoms with Crippen molar-refractivity contribution in [2.24, 2.45) is 11.3 Å². The summed E-state index contributed by atoms with van der Waals surface area (Å²) in [6.07, 6.45) is 5.61. The maximum Gasteiger partial charge on any atom is 0.312 e. The van der Waals surface area contributed by atoms with Crippen LogP contribution in [0.1, 0.15) is 39.0 Å². The number of hydrogen-bond donors (Lipinski definition) is 0. The van der Waals surface area contributed by atoms with Gasteiger partial charge in [0.1, 0.15) is 6.61 Å². The van der Waals surface area contributed by atoms with E-state index in [2.05, 4.69) is 0 Å². The largest absolute Gasteiger partial charge is 0.463 e. The Morgan fingerprint density at radius 3 is 2.60 bits per heavy atom. The van der Waals surface area contributed by atoms with E-state index in [1.54, 1.807) is 0 Å². The van der Waals surface area contributed by atoms with Crippen LogP contribution in [-0.2, 0) is 14.3 Å². The molecule has 0 amide bonds. The van der Waals surface area contributed by atoms with Crippen LogP contribution < -0.4 is 0 Å². The molecule has 3 nitrogen and oxygen atoms in total. The highest BCUT2D eigenvalue weighted by Crippen LogP contribution is 2.54. The van der Waals surface area contributed by atoms with Crippen molar-refractivity contribution >= 4 is 5.97 Å². The van der Waals surface area contributed by atoms with E-state index in [1.807, 2.05) is 6.92 Å². The molecule has 0 aromatic rings. The van der Waals surface area contributed by atoms with E-state index in [4.69, 9.17) is 9.47 Å². The maximum atomic E-state index is 11.9. The first-order valence-corrected chi connectivity index (χ1v) is 6.02. The Bertz CT molecular complexity index is 229. The lowest BCUT2D eigenvalue weighted by Gasteiger charge is -2.23. The Kier molecular flexibility index (Phi) is 3.29. The van der Waals surface area contributed by atoms with Crippen LogP contribution in [0, 0.1) is 11.3 Å². The first-order chi connectivity index (χ1) is 7.27. The summed E-state index contributed by atoms with van der Waals surface area (Å²) in [6, 6.07) is 0. The molecule has 15 heavy (non-hydrogen) atoms. The molecule has 0 saturated heterocycles. The van der Waals surface area contributed by atoms with Crippen molar-refractivity contribution in [1.82, 2.24) is 0 Å². The van der Waals surface area contributed by atoms with Crippen molar-refractivity contribution in [2.75, 3.05) is 19.8 Å². The standard InChI is InChI=1S/C12H20O3/c1-2-14-7-8-15-11(13)12-5-3-10(9-12)4-6-12/h10H,2-9H2,1H3. The summed E-state index contributed by atoms with van der Waals surface area (Å²) in [6.45, 7) is 3.57. The zero-order valence-corrected chi connectivity index (χ0v) is 9.46. The van der Waals surface area contributed by atoms with Gasteiger partial charge in [0.05, 0.1) is 12.0 Å². The summed E-state index contributed by atoms with van der Waals surface area (Å²) >= 11 is 0. The van der Waals surface area contributed by atoms with E-state index < -0.39 is 0 Å². The molecule has 86 valence electrons. The third kappa shape index (κ3) is 2.17. The van der Waals surface area contributed by atoms with Crippen molar-refractivity contribution in [3.05, 3.63) is 0 Å². The van der Waals surface area contributed by atoms with Gasteiger partial charge in [-0.2, -0.15) is 0 Å². The Hall–Kier alpha value is -0.570. The SMILES string of the molecule is CCOCCOC(=O)C12CCC(CC1)C2. The van der Waals surface area contributed by atoms with Crippen molar-refractivity contribution < 1.29 is 14.3 Å². The number of ether oxygens (including phenoxy) is 2. The zero-order chi connectivity index (χ0) is 10.7. The molecule has 0 N–H and O–H groups in total. The van der Waals surface area contributed by atoms with E-state index in [-0.39, 0.29) is 11.4 Å². The Morgan fingerprint density at radius 1 is 1.33 bits per heavy atom. The van der Waals surface area contributed by atoms with E-state index in [9.17, 15) is 4.79 Å². The van der Waals surface area contributed by atoms with Crippen molar-refractivity contribution in [1.29, 1.82) is 0 Å². The van der Waals surface area contributed by atoms with Gasteiger partial charge in [0.25, 0.3) is 0 Å². The highest BCUT2D eigenvalue weighted by molar-refractivity contribution is 5.77. The van der Waals surface area contributed by atoms with Gasteiger partial charge in [-0.15, -0.1) is 0 Å². The monoisotopic (exact) mass is 212 g/mol. The fraction of sp³-hybridized carbons (Fsp3) is 0.917. The first kappa shape index (κ1) is 10.9. The van der Waals surface area contributed by atoms with Gasteiger partial charge in [0.15, 0.2) is 0 Å². The smallest absolute Gasteiger partial charge is 0.312 e. The molecule has 0 spiro atoms. The lowest BCUT2D eigenvalue weighted by molar-refractivity contribution is -0.156. The predicted octanol–water partition coefficient (Wildman–Crippen LogP) is 2.15. The number of rotatable bonds is 5. The minimum Gasteiger partial charge on any atom is -0.463 e. The molecule has 2 aliphatic carbocycles. The second-order valence-electron chi connectivity index (χ2n) is 4.76. The molecular weight excluding hydrogens is 192 g/mol. The molecule has 0 aromatic carbocycles. The number of carbonyl (C=O) groups excluding carboxylic acids is 1. The van der Waals surface area contributed by atoms with Gasteiger partial charge in [-0.25, -0.2) is 0 Å². The normalized spacial score (nSPS) is 33.3. The molecule has 0 aliphatic heterocycles. The van der Waals surface area contributed by atoms with Crippen LogP contribution in [0.4, 0.5) is 0 Å². The van der Waals surface area contributed by atoms with Gasteiger partial charge < -0.3 is 9.47 Å². The molecule has 0 unspecified atom stereocenters. The summed E-state index contributed by atoms with van der Waals surface area (Å²) in [5.74, 6) is 0.826. The molecule has 2 aliphatic rings. The molecule has 0 atom stereocenters. The summed E-state index contributed by atoms with van der Waals surface area (Å²) in [4.78, 5) is 11.9. The second kappa shape index (κ2) is 4.52. The number of carbonyl (C=O) groups is 1. The van der Waals surface area contributed by atoms with Gasteiger partial charge >= 0.3 is 5.97 Å². The quantitative estimate of drug-likeness (QED) is 0.517. The molecule has 2 rings (SSSR count). The zero-order valence-electron chi connectivity index (χ0n) is 9.46. The molecule has 0 radical (unpaired) electrons. The van der Waals surface area contributed by atoms with Crippen LogP contribution >= 0.6 is 0 Å². The van der Waals surface area contributed by atoms with Gasteiger partial charge in [0.2, 0.25) is 0 Å². The highest BCUT2D eigenvalue weighted by Gasteiger charge is 2.51. The fourth-order valence-corrected chi connectivity index (χ4v) is 2.97. The minimum absolute atomic E-state index is 0.0298. The van der Waals surface area contributed by atoms with Crippen LogP contribution in [-0.4, -0.2) is 25.8 Å². The second-order valence-corrected chi connectivity index (χ2v) is 4.76. The number of hydrogen-bond acceptors (Lipinski definition) is 3. The summed E-state index contributed by atoms with van der Waals surface area (Å²) in [5.41, 5.74) is -0.100. The van der Waals surface area contributed by atoms with Gasteiger partial charge in [-0.1, -0.05) is 0 Å². The fourth-order valence-electron chi connectivity index (χ4n) is 2.97. The summed E-state index contributed by atoms with van der Waals surface area (Å²) in [5, 5.41) is 0. The topological polar surface area (TPSA) is 35.5 Å². The molecule has 0 aromatic heterocycles. The van der Waals surface area contributed by atoms with E-state index in [0.29, 0.717) is 19.8 Å². The number of fused-ring (bicyclic) bond motifs is 2. The Balaban J connectivity index is 1.76. The van der Waals surface area contributed by atoms with Crippen molar-refractivity contribution in [3.8, 4) is 0 Å². The maximum absolute atomic E-state index is 11.9. The van der Waals surface area contributed by atoms with Crippen LogP contribution in [0.15, 0.2) is 0 Å². The van der Waals surface area contributed by atoms with E-state index >= 15 is 0 Å². The molecule has 0 heterocycles. The third-order valence-corrected chi connectivity index (χ3v) is 3.84. The summed E-state index contributed by atoms with van der Waals surface area (Å²) in [7, 11) is 0. The molecular formula is C12H20O3. The van der Waals surface area contributed by atoms with Crippen LogP contribution in [0.3, 0.4) is 0 Å². The molecule has 3 heteroatoms. The average molecular weight is 212 g/mol. The van der Waals surface area contributed by atoms with Crippen LogP contribution in [0.2, 0.25) is 0 Å². The first-order valence-electron chi connectivity index (χ1n) is 6.02. The molecule has 2 fully saturated rings. The Morgan fingerprint density at radius 2 is 2.07 bits per heavy atom.